The van der Waals surface area contributed by atoms with Crippen LogP contribution in [-0.4, -0.2) is 13.7 Å². The summed E-state index contributed by atoms with van der Waals surface area (Å²) >= 11 is 3.89. The number of halogens is 1. The Morgan fingerprint density at radius 2 is 2.20 bits per heavy atom. The number of fused-ring (bicyclic) bond motifs is 1. The first-order chi connectivity index (χ1) is 7.16. The van der Waals surface area contributed by atoms with Crippen LogP contribution < -0.4 is 0 Å². The molecule has 1 unspecified atom stereocenters. The number of hydrogen-bond acceptors (Lipinski definition) is 3. The highest BCUT2D eigenvalue weighted by Crippen LogP contribution is 2.22. The molecule has 0 aliphatic carbocycles. The van der Waals surface area contributed by atoms with E-state index >= 15 is 0 Å². The van der Waals surface area contributed by atoms with Crippen LogP contribution in [0.15, 0.2) is 30.5 Å². The van der Waals surface area contributed by atoms with Gasteiger partial charge in [0.1, 0.15) is 0 Å². The molecule has 0 saturated carbocycles. The monoisotopic (exact) mass is 240 g/mol. The van der Waals surface area contributed by atoms with E-state index < -0.39 is 11.1 Å². The van der Waals surface area contributed by atoms with Gasteiger partial charge in [-0.25, -0.2) is 0 Å². The first-order valence-electron chi connectivity index (χ1n) is 4.26. The molecule has 2 rings (SSSR count). The smallest absolute Gasteiger partial charge is 0.0717 e. The SMILES string of the molecule is O=S([O-])Cc1ccc2nccc(Cl)c2c1. The van der Waals surface area contributed by atoms with E-state index in [0.29, 0.717) is 10.6 Å². The fraction of sp³-hybridized carbons (Fsp3) is 0.100. The quantitative estimate of drug-likeness (QED) is 0.757. The van der Waals surface area contributed by atoms with E-state index in [9.17, 15) is 8.76 Å². The Bertz CT molecular complexity index is 530. The molecule has 0 aliphatic heterocycles. The molecule has 1 heterocycles. The second kappa shape index (κ2) is 4.26. The zero-order valence-electron chi connectivity index (χ0n) is 7.64. The molecule has 3 nitrogen and oxygen atoms in total. The van der Waals surface area contributed by atoms with E-state index in [-0.39, 0.29) is 5.75 Å². The number of benzene rings is 1. The maximum absolute atomic E-state index is 10.5. The Hall–Kier alpha value is -0.970. The van der Waals surface area contributed by atoms with E-state index in [4.69, 9.17) is 11.6 Å². The van der Waals surface area contributed by atoms with Gasteiger partial charge in [0, 0.05) is 17.3 Å². The molecule has 0 N–H and O–H groups in total. The highest BCUT2D eigenvalue weighted by atomic mass is 35.5. The summed E-state index contributed by atoms with van der Waals surface area (Å²) in [5, 5.41) is 1.36. The van der Waals surface area contributed by atoms with Crippen molar-refractivity contribution in [3.8, 4) is 0 Å². The van der Waals surface area contributed by atoms with Gasteiger partial charge in [-0.15, -0.1) is 0 Å². The van der Waals surface area contributed by atoms with Crippen LogP contribution in [0.2, 0.25) is 5.02 Å². The predicted molar refractivity (Wildman–Crippen MR) is 59.4 cm³/mol. The van der Waals surface area contributed by atoms with E-state index in [1.807, 2.05) is 0 Å². The molecule has 0 aliphatic rings. The third kappa shape index (κ3) is 2.34. The summed E-state index contributed by atoms with van der Waals surface area (Å²) in [5.41, 5.74) is 1.48. The molecule has 2 aromatic rings. The Labute approximate surface area is 94.4 Å². The average Bonchev–Trinajstić information content (AvgIpc) is 2.18. The molecule has 0 radical (unpaired) electrons. The third-order valence-electron chi connectivity index (χ3n) is 2.04. The lowest BCUT2D eigenvalue weighted by molar-refractivity contribution is 0.536. The van der Waals surface area contributed by atoms with Crippen molar-refractivity contribution in [2.24, 2.45) is 0 Å². The standard InChI is InChI=1S/C10H8ClNO2S/c11-9-3-4-12-10-2-1-7(5-8(9)10)6-15(13)14/h1-5H,6H2,(H,13,14)/p-1. The second-order valence-electron chi connectivity index (χ2n) is 3.09. The van der Waals surface area contributed by atoms with Gasteiger partial charge in [-0.1, -0.05) is 28.7 Å². The molecule has 0 bridgehead atoms. The largest absolute Gasteiger partial charge is 0.772 e. The Balaban J connectivity index is 2.54. The third-order valence-corrected chi connectivity index (χ3v) is 2.94. The zero-order valence-corrected chi connectivity index (χ0v) is 9.22. The minimum atomic E-state index is -2.08. The topological polar surface area (TPSA) is 53.0 Å². The van der Waals surface area contributed by atoms with Crippen molar-refractivity contribution in [3.05, 3.63) is 41.0 Å². The summed E-state index contributed by atoms with van der Waals surface area (Å²) in [4.78, 5) is 4.12. The minimum absolute atomic E-state index is 0.00115. The Morgan fingerprint density at radius 1 is 1.40 bits per heavy atom. The molecule has 0 spiro atoms. The highest BCUT2D eigenvalue weighted by Gasteiger charge is 2.01. The van der Waals surface area contributed by atoms with Gasteiger partial charge in [-0.05, 0) is 23.8 Å². The molecule has 0 saturated heterocycles. The van der Waals surface area contributed by atoms with Gasteiger partial charge in [0.15, 0.2) is 0 Å². The molecular weight excluding hydrogens is 234 g/mol. The summed E-state index contributed by atoms with van der Waals surface area (Å²) in [6, 6.07) is 6.94. The number of hydrogen-bond donors (Lipinski definition) is 0. The second-order valence-corrected chi connectivity index (χ2v) is 4.40. The van der Waals surface area contributed by atoms with Crippen molar-refractivity contribution in [1.82, 2.24) is 4.98 Å². The summed E-state index contributed by atoms with van der Waals surface area (Å²) in [6.45, 7) is 0. The van der Waals surface area contributed by atoms with Gasteiger partial charge in [0.2, 0.25) is 0 Å². The van der Waals surface area contributed by atoms with Crippen LogP contribution >= 0.6 is 11.6 Å². The highest BCUT2D eigenvalue weighted by molar-refractivity contribution is 7.78. The van der Waals surface area contributed by atoms with Gasteiger partial charge in [-0.3, -0.25) is 9.19 Å². The van der Waals surface area contributed by atoms with E-state index in [0.717, 1.165) is 10.9 Å². The van der Waals surface area contributed by atoms with Crippen LogP contribution in [0.25, 0.3) is 10.9 Å². The summed E-state index contributed by atoms with van der Waals surface area (Å²) in [6.07, 6.45) is 1.62. The van der Waals surface area contributed by atoms with Crippen LogP contribution in [0.1, 0.15) is 5.56 Å². The predicted octanol–water partition coefficient (Wildman–Crippen LogP) is 2.27. The van der Waals surface area contributed by atoms with Gasteiger partial charge in [0.25, 0.3) is 0 Å². The molecule has 1 atom stereocenters. The van der Waals surface area contributed by atoms with Gasteiger partial charge in [-0.2, -0.15) is 0 Å². The number of aromatic nitrogens is 1. The van der Waals surface area contributed by atoms with Crippen molar-refractivity contribution in [3.63, 3.8) is 0 Å². The lowest BCUT2D eigenvalue weighted by Crippen LogP contribution is -1.93. The van der Waals surface area contributed by atoms with Gasteiger partial charge >= 0.3 is 0 Å². The lowest BCUT2D eigenvalue weighted by atomic mass is 10.1. The maximum Gasteiger partial charge on any atom is 0.0717 e. The normalized spacial score (nSPS) is 12.9. The van der Waals surface area contributed by atoms with Crippen LogP contribution in [0.4, 0.5) is 0 Å². The first-order valence-corrected chi connectivity index (χ1v) is 5.88. The molecule has 5 heteroatoms. The summed E-state index contributed by atoms with van der Waals surface area (Å²) < 4.78 is 21.1. The maximum atomic E-state index is 10.5. The van der Waals surface area contributed by atoms with Crippen LogP contribution in [0.5, 0.6) is 0 Å². The molecule has 0 fully saturated rings. The Morgan fingerprint density at radius 3 is 2.93 bits per heavy atom. The molecule has 15 heavy (non-hydrogen) atoms. The average molecular weight is 241 g/mol. The fourth-order valence-electron chi connectivity index (χ4n) is 1.39. The fourth-order valence-corrected chi connectivity index (χ4v) is 2.05. The van der Waals surface area contributed by atoms with Crippen molar-refractivity contribution in [1.29, 1.82) is 0 Å². The van der Waals surface area contributed by atoms with Crippen LogP contribution in [0, 0.1) is 0 Å². The molecule has 1 aromatic carbocycles. The lowest BCUT2D eigenvalue weighted by Gasteiger charge is -2.06. The molecule has 0 amide bonds. The van der Waals surface area contributed by atoms with Gasteiger partial charge < -0.3 is 4.55 Å². The van der Waals surface area contributed by atoms with Crippen LogP contribution in [0.3, 0.4) is 0 Å². The Kier molecular flexibility index (Phi) is 3.00. The van der Waals surface area contributed by atoms with Gasteiger partial charge in [0.05, 0.1) is 10.5 Å². The molecule has 1 aromatic heterocycles. The number of pyridine rings is 1. The molecule has 78 valence electrons. The minimum Gasteiger partial charge on any atom is -0.772 e. The summed E-state index contributed by atoms with van der Waals surface area (Å²) in [5.74, 6) is 0.00115. The molecular formula is C10H7ClNO2S-. The van der Waals surface area contributed by atoms with E-state index in [2.05, 4.69) is 4.98 Å². The van der Waals surface area contributed by atoms with E-state index in [1.54, 1.807) is 30.5 Å². The number of rotatable bonds is 2. The zero-order chi connectivity index (χ0) is 10.8. The van der Waals surface area contributed by atoms with Crippen molar-refractivity contribution >= 4 is 33.6 Å². The first kappa shape index (κ1) is 10.5. The van der Waals surface area contributed by atoms with Crippen molar-refractivity contribution in [2.75, 3.05) is 0 Å². The van der Waals surface area contributed by atoms with Crippen LogP contribution in [-0.2, 0) is 16.8 Å². The number of nitrogens with zero attached hydrogens (tertiary/aromatic N) is 1. The van der Waals surface area contributed by atoms with Crippen molar-refractivity contribution < 1.29 is 8.76 Å². The summed E-state index contributed by atoms with van der Waals surface area (Å²) in [7, 11) is 0. The van der Waals surface area contributed by atoms with Crippen molar-refractivity contribution in [2.45, 2.75) is 5.75 Å². The van der Waals surface area contributed by atoms with E-state index in [1.165, 1.54) is 0 Å².